The van der Waals surface area contributed by atoms with Crippen LogP contribution in [0.1, 0.15) is 32.6 Å². The van der Waals surface area contributed by atoms with Crippen molar-refractivity contribution in [2.75, 3.05) is 46.7 Å². The van der Waals surface area contributed by atoms with Crippen LogP contribution in [-0.2, 0) is 14.2 Å². The minimum Gasteiger partial charge on any atom is -0.382 e. The fourth-order valence-electron chi connectivity index (χ4n) is 1.95. The molecule has 0 saturated heterocycles. The summed E-state index contributed by atoms with van der Waals surface area (Å²) in [6.45, 7) is 6.61. The summed E-state index contributed by atoms with van der Waals surface area (Å²) >= 11 is 0. The molecule has 18 heavy (non-hydrogen) atoms. The molecular formula is C14H29NO3. The number of rotatable bonds is 13. The summed E-state index contributed by atoms with van der Waals surface area (Å²) in [5.74, 6) is 0.998. The van der Waals surface area contributed by atoms with Crippen molar-refractivity contribution in [3.63, 3.8) is 0 Å². The van der Waals surface area contributed by atoms with E-state index < -0.39 is 0 Å². The van der Waals surface area contributed by atoms with E-state index in [1.165, 1.54) is 25.7 Å². The molecule has 0 heterocycles. The van der Waals surface area contributed by atoms with Gasteiger partial charge in [-0.1, -0.05) is 19.8 Å². The molecule has 0 aromatic heterocycles. The molecule has 1 saturated carbocycles. The van der Waals surface area contributed by atoms with Gasteiger partial charge in [-0.05, 0) is 18.8 Å². The van der Waals surface area contributed by atoms with Crippen LogP contribution in [0.4, 0.5) is 0 Å². The Morgan fingerprint density at radius 3 is 2.33 bits per heavy atom. The van der Waals surface area contributed by atoms with Gasteiger partial charge in [0.15, 0.2) is 0 Å². The summed E-state index contributed by atoms with van der Waals surface area (Å²) in [5, 5.41) is 3.57. The van der Waals surface area contributed by atoms with E-state index in [1.54, 1.807) is 7.11 Å². The Labute approximate surface area is 111 Å². The predicted molar refractivity (Wildman–Crippen MR) is 72.9 cm³/mol. The second-order valence-electron chi connectivity index (χ2n) is 4.96. The van der Waals surface area contributed by atoms with E-state index in [9.17, 15) is 0 Å². The fraction of sp³-hybridized carbons (Fsp3) is 1.00. The normalized spacial score (nSPS) is 17.0. The molecule has 0 radical (unpaired) electrons. The first kappa shape index (κ1) is 15.9. The van der Waals surface area contributed by atoms with Crippen molar-refractivity contribution in [1.29, 1.82) is 0 Å². The third-order valence-corrected chi connectivity index (χ3v) is 3.29. The van der Waals surface area contributed by atoms with Crippen molar-refractivity contribution >= 4 is 0 Å². The maximum atomic E-state index is 5.50. The molecule has 1 aliphatic rings. The molecule has 0 amide bonds. The SMILES string of the molecule is CCC(CC1CC1)NCCOCCOCCOC. The number of methoxy groups -OCH3 is 1. The molecule has 0 spiro atoms. The van der Waals surface area contributed by atoms with Gasteiger partial charge in [0.05, 0.1) is 33.0 Å². The molecule has 1 fully saturated rings. The van der Waals surface area contributed by atoms with Gasteiger partial charge in [-0.25, -0.2) is 0 Å². The lowest BCUT2D eigenvalue weighted by atomic mass is 10.1. The van der Waals surface area contributed by atoms with Crippen molar-refractivity contribution < 1.29 is 14.2 Å². The zero-order valence-electron chi connectivity index (χ0n) is 12.0. The average molecular weight is 259 g/mol. The van der Waals surface area contributed by atoms with Gasteiger partial charge in [0.25, 0.3) is 0 Å². The van der Waals surface area contributed by atoms with Gasteiger partial charge in [-0.15, -0.1) is 0 Å². The zero-order valence-corrected chi connectivity index (χ0v) is 12.0. The molecule has 0 aromatic carbocycles. The van der Waals surface area contributed by atoms with E-state index in [2.05, 4.69) is 12.2 Å². The van der Waals surface area contributed by atoms with Crippen LogP contribution in [0.2, 0.25) is 0 Å². The Bertz CT molecular complexity index is 186. The minimum absolute atomic E-state index is 0.650. The number of hydrogen-bond acceptors (Lipinski definition) is 4. The number of hydrogen-bond donors (Lipinski definition) is 1. The van der Waals surface area contributed by atoms with Gasteiger partial charge < -0.3 is 19.5 Å². The average Bonchev–Trinajstić information content (AvgIpc) is 3.19. The van der Waals surface area contributed by atoms with Gasteiger partial charge in [-0.2, -0.15) is 0 Å². The van der Waals surface area contributed by atoms with Crippen LogP contribution in [0.5, 0.6) is 0 Å². The van der Waals surface area contributed by atoms with Crippen LogP contribution in [0.25, 0.3) is 0 Å². The smallest absolute Gasteiger partial charge is 0.0701 e. The van der Waals surface area contributed by atoms with E-state index in [0.717, 1.165) is 19.1 Å². The third kappa shape index (κ3) is 8.86. The quantitative estimate of drug-likeness (QED) is 0.512. The van der Waals surface area contributed by atoms with E-state index in [-0.39, 0.29) is 0 Å². The Hall–Kier alpha value is -0.160. The molecule has 0 aromatic rings. The first-order valence-corrected chi connectivity index (χ1v) is 7.24. The van der Waals surface area contributed by atoms with Gasteiger partial charge in [0.1, 0.15) is 0 Å². The van der Waals surface area contributed by atoms with E-state index in [4.69, 9.17) is 14.2 Å². The largest absolute Gasteiger partial charge is 0.382 e. The highest BCUT2D eigenvalue weighted by molar-refractivity contribution is 4.79. The second-order valence-corrected chi connectivity index (χ2v) is 4.96. The molecule has 4 nitrogen and oxygen atoms in total. The van der Waals surface area contributed by atoms with E-state index >= 15 is 0 Å². The first-order valence-electron chi connectivity index (χ1n) is 7.24. The van der Waals surface area contributed by atoms with Gasteiger partial charge in [-0.3, -0.25) is 0 Å². The summed E-state index contributed by atoms with van der Waals surface area (Å²) in [6, 6.07) is 0.680. The zero-order chi connectivity index (χ0) is 13.1. The molecule has 1 unspecified atom stereocenters. The van der Waals surface area contributed by atoms with Crippen LogP contribution in [-0.4, -0.2) is 52.7 Å². The van der Waals surface area contributed by atoms with Crippen molar-refractivity contribution in [2.24, 2.45) is 5.92 Å². The third-order valence-electron chi connectivity index (χ3n) is 3.29. The Kier molecular flexibility index (Phi) is 9.48. The van der Waals surface area contributed by atoms with Crippen LogP contribution >= 0.6 is 0 Å². The van der Waals surface area contributed by atoms with Crippen molar-refractivity contribution in [3.8, 4) is 0 Å². The van der Waals surface area contributed by atoms with Gasteiger partial charge >= 0.3 is 0 Å². The van der Waals surface area contributed by atoms with Crippen LogP contribution in [0.15, 0.2) is 0 Å². The molecular weight excluding hydrogens is 230 g/mol. The topological polar surface area (TPSA) is 39.7 Å². The maximum Gasteiger partial charge on any atom is 0.0701 e. The first-order chi connectivity index (χ1) is 8.86. The van der Waals surface area contributed by atoms with Crippen molar-refractivity contribution in [3.05, 3.63) is 0 Å². The fourth-order valence-corrected chi connectivity index (χ4v) is 1.95. The molecule has 1 atom stereocenters. The summed E-state index contributed by atoms with van der Waals surface area (Å²) < 4.78 is 15.7. The monoisotopic (exact) mass is 259 g/mol. The second kappa shape index (κ2) is 10.7. The molecule has 1 aliphatic carbocycles. The standard InChI is InChI=1S/C14H29NO3/c1-3-14(12-13-4-5-13)15-6-7-17-10-11-18-9-8-16-2/h13-15H,3-12H2,1-2H3. The predicted octanol–water partition coefficient (Wildman–Crippen LogP) is 1.83. The molecule has 4 heteroatoms. The van der Waals surface area contributed by atoms with Crippen LogP contribution in [0.3, 0.4) is 0 Å². The van der Waals surface area contributed by atoms with Crippen molar-refractivity contribution in [1.82, 2.24) is 5.32 Å². The molecule has 0 bridgehead atoms. The highest BCUT2D eigenvalue weighted by Crippen LogP contribution is 2.33. The van der Waals surface area contributed by atoms with Gasteiger partial charge in [0.2, 0.25) is 0 Å². The molecule has 1 N–H and O–H groups in total. The van der Waals surface area contributed by atoms with Crippen LogP contribution < -0.4 is 5.32 Å². The molecule has 108 valence electrons. The summed E-state index contributed by atoms with van der Waals surface area (Å²) in [7, 11) is 1.68. The molecule has 0 aliphatic heterocycles. The lowest BCUT2D eigenvalue weighted by Crippen LogP contribution is -2.32. The minimum atomic E-state index is 0.650. The number of nitrogens with one attached hydrogen (secondary N) is 1. The Morgan fingerprint density at radius 2 is 1.72 bits per heavy atom. The summed E-state index contributed by atoms with van der Waals surface area (Å²) in [4.78, 5) is 0. The summed E-state index contributed by atoms with van der Waals surface area (Å²) in [6.07, 6.45) is 5.44. The number of ether oxygens (including phenoxy) is 3. The Balaban J connectivity index is 1.79. The van der Waals surface area contributed by atoms with Gasteiger partial charge in [0, 0.05) is 19.7 Å². The lowest BCUT2D eigenvalue weighted by molar-refractivity contribution is 0.0251. The van der Waals surface area contributed by atoms with E-state index in [0.29, 0.717) is 32.5 Å². The molecule has 1 rings (SSSR count). The lowest BCUT2D eigenvalue weighted by Gasteiger charge is -2.16. The Morgan fingerprint density at radius 1 is 1.06 bits per heavy atom. The van der Waals surface area contributed by atoms with Crippen LogP contribution in [0, 0.1) is 5.92 Å². The highest BCUT2D eigenvalue weighted by atomic mass is 16.5. The maximum absolute atomic E-state index is 5.50. The van der Waals surface area contributed by atoms with Crippen molar-refractivity contribution in [2.45, 2.75) is 38.6 Å². The highest BCUT2D eigenvalue weighted by Gasteiger charge is 2.24. The summed E-state index contributed by atoms with van der Waals surface area (Å²) in [5.41, 5.74) is 0. The van der Waals surface area contributed by atoms with E-state index in [1.807, 2.05) is 0 Å².